The zero-order valence-electron chi connectivity index (χ0n) is 11.4. The molecule has 0 unspecified atom stereocenters. The SMILES string of the molecule is CC(C)(C)OC(=O)CO/N=C/c1csc(N)n1.O=CO. The Morgan fingerprint density at radius 1 is 1.60 bits per heavy atom. The van der Waals surface area contributed by atoms with E-state index >= 15 is 0 Å². The van der Waals surface area contributed by atoms with Gasteiger partial charge in [0.25, 0.3) is 6.47 Å². The highest BCUT2D eigenvalue weighted by Gasteiger charge is 2.16. The van der Waals surface area contributed by atoms with E-state index in [1.807, 2.05) is 0 Å². The van der Waals surface area contributed by atoms with E-state index in [2.05, 4.69) is 10.1 Å². The Hall–Kier alpha value is -2.16. The van der Waals surface area contributed by atoms with Crippen LogP contribution in [0, 0.1) is 0 Å². The number of nitrogen functional groups attached to an aromatic ring is 1. The first-order chi connectivity index (χ1) is 9.28. The Kier molecular flexibility index (Phi) is 7.90. The van der Waals surface area contributed by atoms with Crippen molar-refractivity contribution >= 4 is 35.1 Å². The van der Waals surface area contributed by atoms with Gasteiger partial charge in [-0.25, -0.2) is 9.78 Å². The molecule has 0 saturated heterocycles. The van der Waals surface area contributed by atoms with Crippen molar-refractivity contribution in [3.63, 3.8) is 0 Å². The maximum atomic E-state index is 11.2. The highest BCUT2D eigenvalue weighted by molar-refractivity contribution is 7.13. The number of carbonyl (C=O) groups is 2. The van der Waals surface area contributed by atoms with Crippen molar-refractivity contribution in [3.8, 4) is 0 Å². The molecule has 112 valence electrons. The van der Waals surface area contributed by atoms with E-state index in [1.165, 1.54) is 17.6 Å². The lowest BCUT2D eigenvalue weighted by Crippen LogP contribution is -2.26. The van der Waals surface area contributed by atoms with Crippen molar-refractivity contribution in [2.75, 3.05) is 12.3 Å². The molecule has 1 heterocycles. The van der Waals surface area contributed by atoms with Gasteiger partial charge in [0.2, 0.25) is 6.61 Å². The molecule has 1 aromatic rings. The van der Waals surface area contributed by atoms with Crippen molar-refractivity contribution in [1.29, 1.82) is 0 Å². The summed E-state index contributed by atoms with van der Waals surface area (Å²) >= 11 is 1.30. The number of anilines is 1. The van der Waals surface area contributed by atoms with Crippen LogP contribution in [0.3, 0.4) is 0 Å². The van der Waals surface area contributed by atoms with Gasteiger partial charge in [0.05, 0.1) is 11.9 Å². The van der Waals surface area contributed by atoms with Crippen LogP contribution in [-0.2, 0) is 19.2 Å². The van der Waals surface area contributed by atoms with Crippen LogP contribution < -0.4 is 5.73 Å². The van der Waals surface area contributed by atoms with Gasteiger partial charge in [-0.3, -0.25) is 4.79 Å². The molecule has 20 heavy (non-hydrogen) atoms. The molecule has 3 N–H and O–H groups in total. The van der Waals surface area contributed by atoms with Crippen LogP contribution in [0.5, 0.6) is 0 Å². The van der Waals surface area contributed by atoms with Crippen LogP contribution in [0.15, 0.2) is 10.5 Å². The predicted octanol–water partition coefficient (Wildman–Crippen LogP) is 1.12. The van der Waals surface area contributed by atoms with Crippen LogP contribution in [0.4, 0.5) is 5.13 Å². The van der Waals surface area contributed by atoms with Crippen molar-refractivity contribution in [2.24, 2.45) is 5.16 Å². The number of aromatic nitrogens is 1. The normalized spacial score (nSPS) is 10.6. The summed E-state index contributed by atoms with van der Waals surface area (Å²) < 4.78 is 5.02. The van der Waals surface area contributed by atoms with Gasteiger partial charge in [-0.15, -0.1) is 11.3 Å². The molecule has 0 amide bonds. The topological polar surface area (TPSA) is 124 Å². The highest BCUT2D eigenvalue weighted by Crippen LogP contribution is 2.09. The first-order valence-electron chi connectivity index (χ1n) is 5.44. The Morgan fingerprint density at radius 2 is 2.20 bits per heavy atom. The molecule has 0 radical (unpaired) electrons. The highest BCUT2D eigenvalue weighted by atomic mass is 32.1. The van der Waals surface area contributed by atoms with E-state index < -0.39 is 11.6 Å². The smallest absolute Gasteiger partial charge is 0.347 e. The number of oxime groups is 1. The van der Waals surface area contributed by atoms with Gasteiger partial charge in [0.15, 0.2) is 5.13 Å². The van der Waals surface area contributed by atoms with E-state index in [0.29, 0.717) is 10.8 Å². The molecule has 0 saturated carbocycles. The number of thiazole rings is 1. The average Bonchev–Trinajstić information content (AvgIpc) is 2.69. The minimum absolute atomic E-state index is 0.229. The van der Waals surface area contributed by atoms with Crippen LogP contribution in [0.2, 0.25) is 0 Å². The lowest BCUT2D eigenvalue weighted by atomic mass is 10.2. The van der Waals surface area contributed by atoms with Crippen LogP contribution >= 0.6 is 11.3 Å². The second-order valence-electron chi connectivity index (χ2n) is 4.31. The molecule has 0 spiro atoms. The predicted molar refractivity (Wildman–Crippen MR) is 74.6 cm³/mol. The molecule has 0 atom stereocenters. The lowest BCUT2D eigenvalue weighted by Gasteiger charge is -2.18. The minimum Gasteiger partial charge on any atom is -0.483 e. The van der Waals surface area contributed by atoms with E-state index in [9.17, 15) is 4.79 Å². The summed E-state index contributed by atoms with van der Waals surface area (Å²) in [6.07, 6.45) is 1.39. The second kappa shape index (κ2) is 8.86. The fourth-order valence-electron chi connectivity index (χ4n) is 0.912. The minimum atomic E-state index is -0.520. The Morgan fingerprint density at radius 3 is 2.65 bits per heavy atom. The lowest BCUT2D eigenvalue weighted by molar-refractivity contribution is -0.160. The van der Waals surface area contributed by atoms with Crippen molar-refractivity contribution in [2.45, 2.75) is 26.4 Å². The van der Waals surface area contributed by atoms with E-state index in [-0.39, 0.29) is 13.1 Å². The molecule has 1 rings (SSSR count). The molecule has 0 fully saturated rings. The van der Waals surface area contributed by atoms with Gasteiger partial charge < -0.3 is 20.4 Å². The summed E-state index contributed by atoms with van der Waals surface area (Å²) in [5.41, 5.74) is 5.51. The number of hydrogen-bond donors (Lipinski definition) is 2. The molecular weight excluding hydrogens is 286 g/mol. The summed E-state index contributed by atoms with van der Waals surface area (Å²) in [5.74, 6) is -0.465. The van der Waals surface area contributed by atoms with Crippen LogP contribution in [0.25, 0.3) is 0 Å². The number of carboxylic acid groups (broad SMARTS) is 1. The third-order valence-electron chi connectivity index (χ3n) is 1.40. The fourth-order valence-corrected chi connectivity index (χ4v) is 1.43. The summed E-state index contributed by atoms with van der Waals surface area (Å²) in [6.45, 7) is 4.87. The second-order valence-corrected chi connectivity index (χ2v) is 5.20. The summed E-state index contributed by atoms with van der Waals surface area (Å²) in [5, 5.41) is 12.7. The maximum Gasteiger partial charge on any atom is 0.347 e. The van der Waals surface area contributed by atoms with E-state index in [0.717, 1.165) is 0 Å². The first kappa shape index (κ1) is 17.8. The molecular formula is C11H17N3O5S. The fraction of sp³-hybridized carbons (Fsp3) is 0.455. The molecule has 8 nitrogen and oxygen atoms in total. The molecule has 0 aliphatic heterocycles. The van der Waals surface area contributed by atoms with E-state index in [1.54, 1.807) is 26.2 Å². The van der Waals surface area contributed by atoms with Gasteiger partial charge in [-0.2, -0.15) is 0 Å². The number of hydrogen-bond acceptors (Lipinski definition) is 8. The average molecular weight is 303 g/mol. The van der Waals surface area contributed by atoms with Crippen molar-refractivity contribution < 1.29 is 24.3 Å². The van der Waals surface area contributed by atoms with Gasteiger partial charge in [0.1, 0.15) is 5.60 Å². The number of nitrogens with two attached hydrogens (primary N) is 1. The van der Waals surface area contributed by atoms with Crippen molar-refractivity contribution in [3.05, 3.63) is 11.1 Å². The molecule has 0 aliphatic carbocycles. The Labute approximate surface area is 120 Å². The largest absolute Gasteiger partial charge is 0.483 e. The summed E-state index contributed by atoms with van der Waals surface area (Å²) in [7, 11) is 0. The molecule has 0 bridgehead atoms. The number of ether oxygens (including phenoxy) is 1. The maximum absolute atomic E-state index is 11.2. The number of esters is 1. The molecule has 9 heteroatoms. The summed E-state index contributed by atoms with van der Waals surface area (Å²) in [4.78, 5) is 28.3. The number of carbonyl (C=O) groups excluding carboxylic acids is 1. The van der Waals surface area contributed by atoms with Gasteiger partial charge in [-0.1, -0.05) is 5.16 Å². The number of rotatable bonds is 4. The number of nitrogens with zero attached hydrogens (tertiary/aromatic N) is 2. The third-order valence-corrected chi connectivity index (χ3v) is 2.09. The van der Waals surface area contributed by atoms with Gasteiger partial charge in [-0.05, 0) is 20.8 Å². The van der Waals surface area contributed by atoms with Crippen LogP contribution in [-0.4, -0.2) is 41.0 Å². The Balaban J connectivity index is 0.00000110. The van der Waals surface area contributed by atoms with E-state index in [4.69, 9.17) is 25.2 Å². The quantitative estimate of drug-likeness (QED) is 0.369. The summed E-state index contributed by atoms with van der Waals surface area (Å²) in [6, 6.07) is 0. The molecule has 0 aromatic carbocycles. The first-order valence-corrected chi connectivity index (χ1v) is 6.32. The molecule has 1 aromatic heterocycles. The van der Waals surface area contributed by atoms with Crippen LogP contribution in [0.1, 0.15) is 26.5 Å². The zero-order chi connectivity index (χ0) is 15.6. The standard InChI is InChI=1S/C10H15N3O3S.CH2O2/c1-10(2,3)16-8(14)5-15-12-4-7-6-17-9(11)13-7;2-1-3/h4,6H,5H2,1-3H3,(H2,11,13);1H,(H,2,3)/b12-4+;. The van der Waals surface area contributed by atoms with Crippen molar-refractivity contribution in [1.82, 2.24) is 4.98 Å². The Bertz CT molecular complexity index is 453. The van der Waals surface area contributed by atoms with Gasteiger partial charge in [0, 0.05) is 5.38 Å². The third kappa shape index (κ3) is 9.83. The van der Waals surface area contributed by atoms with Gasteiger partial charge >= 0.3 is 5.97 Å². The zero-order valence-corrected chi connectivity index (χ0v) is 12.2. The monoisotopic (exact) mass is 303 g/mol. The molecule has 0 aliphatic rings.